The van der Waals surface area contributed by atoms with Crippen molar-refractivity contribution in [2.45, 2.75) is 52.3 Å². The average Bonchev–Trinajstić information content (AvgIpc) is 3.40. The van der Waals surface area contributed by atoms with Crippen LogP contribution in [0.2, 0.25) is 0 Å². The maximum atomic E-state index is 13.1. The first-order chi connectivity index (χ1) is 21.5. The molecule has 10 heteroatoms. The van der Waals surface area contributed by atoms with Gasteiger partial charge in [-0.05, 0) is 67.8 Å². The molecular formula is C35H36F3N3O4. The molecule has 0 bridgehead atoms. The largest absolute Gasteiger partial charge is 0.493 e. The van der Waals surface area contributed by atoms with Gasteiger partial charge in [0.05, 0.1) is 17.9 Å². The van der Waals surface area contributed by atoms with Gasteiger partial charge < -0.3 is 19.8 Å². The Hall–Kier alpha value is -4.86. The minimum atomic E-state index is -4.47. The SMILES string of the molecule is CCC(=O)NC[C@H](Cc1ccc(OCCc2nc(-c3ccccc3)oc2C)cc1)N/C(=C\C(C)=O)c1ccc(C(F)(F)F)cc1. The highest BCUT2D eigenvalue weighted by atomic mass is 19.4. The number of nitrogens with one attached hydrogen (secondary N) is 2. The van der Waals surface area contributed by atoms with Crippen molar-refractivity contribution in [3.05, 3.63) is 113 Å². The highest BCUT2D eigenvalue weighted by Crippen LogP contribution is 2.30. The van der Waals surface area contributed by atoms with Crippen molar-refractivity contribution < 1.29 is 31.9 Å². The van der Waals surface area contributed by atoms with Crippen LogP contribution in [0.25, 0.3) is 17.2 Å². The number of rotatable bonds is 14. The van der Waals surface area contributed by atoms with Gasteiger partial charge in [-0.1, -0.05) is 49.4 Å². The van der Waals surface area contributed by atoms with Gasteiger partial charge in [0, 0.05) is 42.8 Å². The fourth-order valence-electron chi connectivity index (χ4n) is 4.64. The summed E-state index contributed by atoms with van der Waals surface area (Å²) in [6, 6.07) is 21.4. The number of hydrogen-bond acceptors (Lipinski definition) is 6. The van der Waals surface area contributed by atoms with Crippen molar-refractivity contribution in [1.82, 2.24) is 15.6 Å². The van der Waals surface area contributed by atoms with Crippen LogP contribution in [0, 0.1) is 6.92 Å². The minimum Gasteiger partial charge on any atom is -0.493 e. The minimum absolute atomic E-state index is 0.143. The van der Waals surface area contributed by atoms with Crippen molar-refractivity contribution >= 4 is 17.4 Å². The molecule has 1 aromatic heterocycles. The zero-order chi connectivity index (χ0) is 32.4. The lowest BCUT2D eigenvalue weighted by molar-refractivity contribution is -0.137. The maximum Gasteiger partial charge on any atom is 0.416 e. The summed E-state index contributed by atoms with van der Waals surface area (Å²) in [4.78, 5) is 28.7. The lowest BCUT2D eigenvalue weighted by Gasteiger charge is -2.23. The van der Waals surface area contributed by atoms with Crippen LogP contribution in [0.15, 0.2) is 89.4 Å². The molecule has 0 spiro atoms. The van der Waals surface area contributed by atoms with Gasteiger partial charge >= 0.3 is 6.18 Å². The van der Waals surface area contributed by atoms with Gasteiger partial charge in [-0.2, -0.15) is 13.2 Å². The summed E-state index contributed by atoms with van der Waals surface area (Å²) in [5, 5.41) is 6.13. The lowest BCUT2D eigenvalue weighted by atomic mass is 10.0. The van der Waals surface area contributed by atoms with Crippen LogP contribution in [-0.4, -0.2) is 35.9 Å². The van der Waals surface area contributed by atoms with Crippen LogP contribution in [0.3, 0.4) is 0 Å². The van der Waals surface area contributed by atoms with Crippen LogP contribution < -0.4 is 15.4 Å². The quantitative estimate of drug-likeness (QED) is 0.149. The first kappa shape index (κ1) is 33.0. The number of halogens is 3. The molecule has 4 aromatic rings. The Kier molecular flexibility index (Phi) is 11.2. The fourth-order valence-corrected chi connectivity index (χ4v) is 4.64. The van der Waals surface area contributed by atoms with E-state index in [0.717, 1.165) is 34.7 Å². The molecule has 7 nitrogen and oxygen atoms in total. The molecule has 0 fully saturated rings. The Balaban J connectivity index is 1.41. The number of nitrogens with zero attached hydrogens (tertiary/aromatic N) is 1. The third-order valence-electron chi connectivity index (χ3n) is 7.02. The van der Waals surface area contributed by atoms with E-state index < -0.39 is 11.7 Å². The Labute approximate surface area is 260 Å². The van der Waals surface area contributed by atoms with E-state index in [1.165, 1.54) is 25.1 Å². The molecule has 1 heterocycles. The number of allylic oxidation sites excluding steroid dienone is 1. The number of benzene rings is 3. The van der Waals surface area contributed by atoms with Crippen molar-refractivity contribution in [3.8, 4) is 17.2 Å². The first-order valence-electron chi connectivity index (χ1n) is 14.7. The number of alkyl halides is 3. The Morgan fingerprint density at radius 3 is 2.31 bits per heavy atom. The van der Waals surface area contributed by atoms with E-state index in [1.807, 2.05) is 61.5 Å². The fraction of sp³-hybridized carbons (Fsp3) is 0.286. The van der Waals surface area contributed by atoms with Gasteiger partial charge in [0.25, 0.3) is 0 Å². The van der Waals surface area contributed by atoms with Crippen LogP contribution in [-0.2, 0) is 28.6 Å². The predicted octanol–water partition coefficient (Wildman–Crippen LogP) is 6.95. The highest BCUT2D eigenvalue weighted by molar-refractivity contribution is 5.94. The predicted molar refractivity (Wildman–Crippen MR) is 166 cm³/mol. The average molecular weight is 620 g/mol. The summed E-state index contributed by atoms with van der Waals surface area (Å²) in [5.74, 6) is 1.58. The summed E-state index contributed by atoms with van der Waals surface area (Å²) in [6.07, 6.45) is -1.80. The van der Waals surface area contributed by atoms with E-state index in [0.29, 0.717) is 48.8 Å². The molecule has 0 unspecified atom stereocenters. The second-order valence-electron chi connectivity index (χ2n) is 10.6. The third-order valence-corrected chi connectivity index (χ3v) is 7.02. The molecular weight excluding hydrogens is 583 g/mol. The normalized spacial score (nSPS) is 12.4. The summed E-state index contributed by atoms with van der Waals surface area (Å²) in [6.45, 7) is 5.63. The standard InChI is InChI=1S/C35H36F3N3O4/c1-4-33(43)39-22-29(40-32(20-23(2)42)26-12-14-28(15-13-26)35(36,37)38)21-25-10-16-30(17-11-25)44-19-18-31-24(3)45-34(41-31)27-8-6-5-7-9-27/h5-17,20,29,40H,4,18-19,21-22H2,1-3H3,(H,39,43)/b32-20-/t29-/m0/s1. The summed E-state index contributed by atoms with van der Waals surface area (Å²) >= 11 is 0. The molecule has 4 rings (SSSR count). The van der Waals surface area contributed by atoms with Crippen LogP contribution >= 0.6 is 0 Å². The molecule has 3 aromatic carbocycles. The summed E-state index contributed by atoms with van der Waals surface area (Å²) in [7, 11) is 0. The number of ether oxygens (including phenoxy) is 1. The van der Waals surface area contributed by atoms with E-state index in [1.54, 1.807) is 6.92 Å². The van der Waals surface area contributed by atoms with Crippen molar-refractivity contribution in [2.75, 3.05) is 13.2 Å². The molecule has 0 aliphatic rings. The van der Waals surface area contributed by atoms with Gasteiger partial charge in [-0.25, -0.2) is 4.98 Å². The zero-order valence-electron chi connectivity index (χ0n) is 25.4. The molecule has 0 saturated heterocycles. The molecule has 1 atom stereocenters. The summed E-state index contributed by atoms with van der Waals surface area (Å²) < 4.78 is 51.1. The van der Waals surface area contributed by atoms with Crippen LogP contribution in [0.1, 0.15) is 48.4 Å². The number of carbonyl (C=O) groups excluding carboxylic acids is 2. The highest BCUT2D eigenvalue weighted by Gasteiger charge is 2.30. The van der Waals surface area contributed by atoms with E-state index in [4.69, 9.17) is 9.15 Å². The number of carbonyl (C=O) groups is 2. The van der Waals surface area contributed by atoms with E-state index >= 15 is 0 Å². The maximum absolute atomic E-state index is 13.1. The smallest absolute Gasteiger partial charge is 0.416 e. The molecule has 0 aliphatic heterocycles. The van der Waals surface area contributed by atoms with E-state index in [9.17, 15) is 22.8 Å². The van der Waals surface area contributed by atoms with E-state index in [2.05, 4.69) is 15.6 Å². The number of hydrogen-bond donors (Lipinski definition) is 2. The molecule has 236 valence electrons. The van der Waals surface area contributed by atoms with Crippen molar-refractivity contribution in [3.63, 3.8) is 0 Å². The Morgan fingerprint density at radius 2 is 1.69 bits per heavy atom. The van der Waals surface area contributed by atoms with Crippen LogP contribution in [0.4, 0.5) is 13.2 Å². The van der Waals surface area contributed by atoms with E-state index in [-0.39, 0.29) is 24.3 Å². The lowest BCUT2D eigenvalue weighted by Crippen LogP contribution is -2.41. The van der Waals surface area contributed by atoms with Gasteiger partial charge in [-0.3, -0.25) is 9.59 Å². The van der Waals surface area contributed by atoms with Gasteiger partial charge in [0.2, 0.25) is 11.8 Å². The Bertz CT molecular complexity index is 1600. The number of oxazole rings is 1. The van der Waals surface area contributed by atoms with Gasteiger partial charge in [0.1, 0.15) is 11.5 Å². The van der Waals surface area contributed by atoms with Crippen molar-refractivity contribution in [2.24, 2.45) is 0 Å². The second kappa shape index (κ2) is 15.2. The van der Waals surface area contributed by atoms with Gasteiger partial charge in [-0.15, -0.1) is 0 Å². The van der Waals surface area contributed by atoms with Gasteiger partial charge in [0.15, 0.2) is 5.78 Å². The van der Waals surface area contributed by atoms with Crippen LogP contribution in [0.5, 0.6) is 5.75 Å². The first-order valence-corrected chi connectivity index (χ1v) is 14.7. The number of aromatic nitrogens is 1. The topological polar surface area (TPSA) is 93.5 Å². The molecule has 0 radical (unpaired) electrons. The summed E-state index contributed by atoms with van der Waals surface area (Å²) in [5.41, 5.74) is 2.68. The second-order valence-corrected chi connectivity index (χ2v) is 10.6. The molecule has 2 N–H and O–H groups in total. The monoisotopic (exact) mass is 619 g/mol. The Morgan fingerprint density at radius 1 is 1.00 bits per heavy atom. The molecule has 45 heavy (non-hydrogen) atoms. The number of amides is 1. The van der Waals surface area contributed by atoms with Crippen molar-refractivity contribution in [1.29, 1.82) is 0 Å². The third kappa shape index (κ3) is 9.82. The zero-order valence-corrected chi connectivity index (χ0v) is 25.4. The molecule has 1 amide bonds. The molecule has 0 aliphatic carbocycles. The number of aryl methyl sites for hydroxylation is 1. The number of ketones is 1. The molecule has 0 saturated carbocycles.